The van der Waals surface area contributed by atoms with Crippen molar-refractivity contribution in [1.29, 1.82) is 0 Å². The average molecular weight is 265 g/mol. The molecular formula is C10H11F4N3O. The molecule has 1 aromatic heterocycles. The molecule has 1 rings (SSSR count). The molecular weight excluding hydrogens is 254 g/mol. The molecule has 18 heavy (non-hydrogen) atoms. The Kier molecular flexibility index (Phi) is 4.10. The Hall–Kier alpha value is -1.86. The number of aromatic nitrogens is 1. The van der Waals surface area contributed by atoms with Gasteiger partial charge in [-0.2, -0.15) is 22.5 Å². The summed E-state index contributed by atoms with van der Waals surface area (Å²) in [5.41, 5.74) is 3.92. The van der Waals surface area contributed by atoms with Crippen molar-refractivity contribution < 1.29 is 22.4 Å². The van der Waals surface area contributed by atoms with E-state index in [1.165, 1.54) is 13.8 Å². The smallest absolute Gasteiger partial charge is 0.253 e. The SMILES string of the molecule is CC(C)N(CC(N)=O)c1c(F)c(F)nc(F)c1F. The van der Waals surface area contributed by atoms with Crippen molar-refractivity contribution in [3.63, 3.8) is 0 Å². The first-order valence-corrected chi connectivity index (χ1v) is 5.00. The summed E-state index contributed by atoms with van der Waals surface area (Å²) in [5, 5.41) is 0. The maximum absolute atomic E-state index is 13.5. The zero-order valence-corrected chi connectivity index (χ0v) is 9.68. The molecule has 0 saturated carbocycles. The fraction of sp³-hybridized carbons (Fsp3) is 0.400. The number of hydrogen-bond acceptors (Lipinski definition) is 3. The van der Waals surface area contributed by atoms with Crippen LogP contribution < -0.4 is 10.6 Å². The van der Waals surface area contributed by atoms with Crippen molar-refractivity contribution in [3.8, 4) is 0 Å². The van der Waals surface area contributed by atoms with Crippen LogP contribution in [-0.2, 0) is 4.79 Å². The molecule has 0 aromatic carbocycles. The minimum atomic E-state index is -1.78. The summed E-state index contributed by atoms with van der Waals surface area (Å²) in [6, 6.07) is -0.595. The van der Waals surface area contributed by atoms with Gasteiger partial charge in [-0.05, 0) is 13.8 Å². The van der Waals surface area contributed by atoms with Gasteiger partial charge in [0.2, 0.25) is 17.5 Å². The number of hydrogen-bond donors (Lipinski definition) is 1. The van der Waals surface area contributed by atoms with Crippen LogP contribution in [0, 0.1) is 23.5 Å². The standard InChI is InChI=1S/C10H11F4N3O/c1-4(2)17(3-5(15)18)8-6(11)9(13)16-10(14)7(8)12/h4H,3H2,1-2H3,(H2,15,18). The Morgan fingerprint density at radius 1 is 1.22 bits per heavy atom. The first-order chi connectivity index (χ1) is 8.25. The summed E-state index contributed by atoms with van der Waals surface area (Å²) in [5.74, 6) is -7.77. The van der Waals surface area contributed by atoms with E-state index in [2.05, 4.69) is 4.98 Å². The lowest BCUT2D eigenvalue weighted by molar-refractivity contribution is -0.116. The van der Waals surface area contributed by atoms with Crippen LogP contribution in [0.3, 0.4) is 0 Å². The van der Waals surface area contributed by atoms with E-state index in [1.54, 1.807) is 0 Å². The van der Waals surface area contributed by atoms with Crippen LogP contribution in [-0.4, -0.2) is 23.5 Å². The van der Waals surface area contributed by atoms with Crippen LogP contribution in [0.5, 0.6) is 0 Å². The van der Waals surface area contributed by atoms with Crippen LogP contribution >= 0.6 is 0 Å². The number of carbonyl (C=O) groups excluding carboxylic acids is 1. The molecule has 0 atom stereocenters. The summed E-state index contributed by atoms with van der Waals surface area (Å²) < 4.78 is 52.8. The number of nitrogens with zero attached hydrogens (tertiary/aromatic N) is 2. The van der Waals surface area contributed by atoms with Crippen molar-refractivity contribution in [2.45, 2.75) is 19.9 Å². The Morgan fingerprint density at radius 3 is 2.00 bits per heavy atom. The van der Waals surface area contributed by atoms with Crippen LogP contribution in [0.25, 0.3) is 0 Å². The molecule has 8 heteroatoms. The summed E-state index contributed by atoms with van der Waals surface area (Å²) in [7, 11) is 0. The molecule has 2 N–H and O–H groups in total. The van der Waals surface area contributed by atoms with Gasteiger partial charge in [-0.25, -0.2) is 0 Å². The molecule has 0 bridgehead atoms. The van der Waals surface area contributed by atoms with Gasteiger partial charge in [0.15, 0.2) is 0 Å². The third-order valence-electron chi connectivity index (χ3n) is 2.21. The number of anilines is 1. The predicted molar refractivity (Wildman–Crippen MR) is 55.7 cm³/mol. The van der Waals surface area contributed by atoms with Gasteiger partial charge in [-0.1, -0.05) is 0 Å². The highest BCUT2D eigenvalue weighted by molar-refractivity contribution is 5.79. The number of carbonyl (C=O) groups is 1. The van der Waals surface area contributed by atoms with E-state index in [-0.39, 0.29) is 0 Å². The second-order valence-electron chi connectivity index (χ2n) is 3.86. The first-order valence-electron chi connectivity index (χ1n) is 5.00. The number of primary amides is 1. The molecule has 0 spiro atoms. The van der Waals surface area contributed by atoms with Gasteiger partial charge >= 0.3 is 0 Å². The topological polar surface area (TPSA) is 59.2 Å². The van der Waals surface area contributed by atoms with E-state index in [1.807, 2.05) is 0 Å². The third kappa shape index (κ3) is 2.69. The van der Waals surface area contributed by atoms with E-state index in [9.17, 15) is 22.4 Å². The molecule has 100 valence electrons. The summed E-state index contributed by atoms with van der Waals surface area (Å²) >= 11 is 0. The fourth-order valence-electron chi connectivity index (χ4n) is 1.42. The third-order valence-corrected chi connectivity index (χ3v) is 2.21. The van der Waals surface area contributed by atoms with Gasteiger partial charge < -0.3 is 10.6 Å². The zero-order chi connectivity index (χ0) is 14.0. The fourth-order valence-corrected chi connectivity index (χ4v) is 1.42. The lowest BCUT2D eigenvalue weighted by Crippen LogP contribution is -2.40. The average Bonchev–Trinajstić information content (AvgIpc) is 2.24. The molecule has 1 heterocycles. The number of rotatable bonds is 4. The monoisotopic (exact) mass is 265 g/mol. The van der Waals surface area contributed by atoms with Crippen molar-refractivity contribution in [2.75, 3.05) is 11.4 Å². The molecule has 0 aliphatic rings. The Balaban J connectivity index is 3.40. The van der Waals surface area contributed by atoms with Gasteiger partial charge in [0.05, 0.1) is 6.54 Å². The van der Waals surface area contributed by atoms with E-state index in [0.717, 1.165) is 4.90 Å². The van der Waals surface area contributed by atoms with Gasteiger partial charge in [0, 0.05) is 6.04 Å². The van der Waals surface area contributed by atoms with Gasteiger partial charge in [0.25, 0.3) is 11.9 Å². The van der Waals surface area contributed by atoms with E-state index >= 15 is 0 Å². The minimum absolute atomic E-state index is 0.575. The lowest BCUT2D eigenvalue weighted by atomic mass is 10.2. The van der Waals surface area contributed by atoms with Crippen LogP contribution in [0.4, 0.5) is 23.2 Å². The van der Waals surface area contributed by atoms with Crippen molar-refractivity contribution >= 4 is 11.6 Å². The minimum Gasteiger partial charge on any atom is -0.368 e. The largest absolute Gasteiger partial charge is 0.368 e. The Bertz CT molecular complexity index is 452. The first kappa shape index (κ1) is 14.2. The molecule has 1 amide bonds. The molecule has 0 fully saturated rings. The highest BCUT2D eigenvalue weighted by Gasteiger charge is 2.27. The lowest BCUT2D eigenvalue weighted by Gasteiger charge is -2.28. The van der Waals surface area contributed by atoms with E-state index in [4.69, 9.17) is 5.73 Å². The normalized spacial score (nSPS) is 10.8. The maximum atomic E-state index is 13.5. The molecule has 0 radical (unpaired) electrons. The van der Waals surface area contributed by atoms with Crippen molar-refractivity contribution in [3.05, 3.63) is 23.5 Å². The van der Waals surface area contributed by atoms with Crippen LogP contribution in [0.1, 0.15) is 13.8 Å². The van der Waals surface area contributed by atoms with Crippen LogP contribution in [0.2, 0.25) is 0 Å². The van der Waals surface area contributed by atoms with Crippen molar-refractivity contribution in [1.82, 2.24) is 4.98 Å². The molecule has 4 nitrogen and oxygen atoms in total. The number of amides is 1. The van der Waals surface area contributed by atoms with Gasteiger partial charge in [-0.15, -0.1) is 0 Å². The molecule has 1 aromatic rings. The Morgan fingerprint density at radius 2 is 1.67 bits per heavy atom. The number of nitrogens with two attached hydrogens (primary N) is 1. The molecule has 0 saturated heterocycles. The van der Waals surface area contributed by atoms with Crippen molar-refractivity contribution in [2.24, 2.45) is 5.73 Å². The zero-order valence-electron chi connectivity index (χ0n) is 9.68. The highest BCUT2D eigenvalue weighted by Crippen LogP contribution is 2.27. The molecule has 0 unspecified atom stereocenters. The predicted octanol–water partition coefficient (Wildman–Crippen LogP) is 1.34. The maximum Gasteiger partial charge on any atom is 0.253 e. The van der Waals surface area contributed by atoms with Gasteiger partial charge in [-0.3, -0.25) is 4.79 Å². The second-order valence-corrected chi connectivity index (χ2v) is 3.86. The number of pyridine rings is 1. The Labute approximate surface area is 100 Å². The molecule has 0 aliphatic heterocycles. The summed E-state index contributed by atoms with van der Waals surface area (Å²) in [6.07, 6.45) is 0. The van der Waals surface area contributed by atoms with E-state index < -0.39 is 47.7 Å². The second kappa shape index (κ2) is 5.19. The summed E-state index contributed by atoms with van der Waals surface area (Å²) in [4.78, 5) is 14.1. The number of halogens is 4. The quantitative estimate of drug-likeness (QED) is 0.660. The van der Waals surface area contributed by atoms with Gasteiger partial charge in [0.1, 0.15) is 5.69 Å². The highest BCUT2D eigenvalue weighted by atomic mass is 19.2. The molecule has 0 aliphatic carbocycles. The van der Waals surface area contributed by atoms with E-state index in [0.29, 0.717) is 0 Å². The summed E-state index contributed by atoms with van der Waals surface area (Å²) in [6.45, 7) is 2.39. The van der Waals surface area contributed by atoms with Crippen LogP contribution in [0.15, 0.2) is 0 Å².